The highest BCUT2D eigenvalue weighted by atomic mass is 16.4. The van der Waals surface area contributed by atoms with Crippen LogP contribution in [0, 0.1) is 0 Å². The molecule has 0 aromatic carbocycles. The molecule has 0 unspecified atom stereocenters. The van der Waals surface area contributed by atoms with Crippen LogP contribution in [0.15, 0.2) is 0 Å². The van der Waals surface area contributed by atoms with Gasteiger partial charge in [0.05, 0.1) is 52.4 Å². The Kier molecular flexibility index (Phi) is 24.1. The van der Waals surface area contributed by atoms with Crippen LogP contribution in [0.5, 0.6) is 0 Å². The maximum absolute atomic E-state index is 12.6. The molecule has 0 aliphatic rings. The number of amides is 9. The fourth-order valence-corrected chi connectivity index (χ4v) is 3.83. The summed E-state index contributed by atoms with van der Waals surface area (Å²) in [7, 11) is 15.0. The van der Waals surface area contributed by atoms with Crippen molar-refractivity contribution in [2.24, 2.45) is 0 Å². The van der Waals surface area contributed by atoms with Crippen LogP contribution in [0.4, 0.5) is 0 Å². The van der Waals surface area contributed by atoms with Crippen molar-refractivity contribution in [2.75, 3.05) is 136 Å². The summed E-state index contributed by atoms with van der Waals surface area (Å²) in [6.45, 7) is 4.59. The number of hydrogen-bond donors (Lipinski definition) is 1. The standard InChI is InChI=1S/C24H45N7O6.C10H17N3O5/c1-11-25(4)19(32)13-27(6)21(34)15-29(8)23(36)17-31(10)24(37)16-30(9)22(35)14-28(7)20(33)12-26(5)18(2)3;1-11(7-14)4-8(15)12(2)5-9(16)13(3)6-10(17)18/h18H,11-17H2,1-10H3;7H,4-6H2,1-3H3,(H,17,18). The number of aliphatic carboxylic acids is 1. The van der Waals surface area contributed by atoms with Gasteiger partial charge in [-0.05, 0) is 27.8 Å². The van der Waals surface area contributed by atoms with Gasteiger partial charge < -0.3 is 49.2 Å². The molecule has 21 heteroatoms. The minimum Gasteiger partial charge on any atom is -0.480 e. The summed E-state index contributed by atoms with van der Waals surface area (Å²) in [6, 6.07) is 0.182. The first kappa shape index (κ1) is 51.8. The number of likely N-dealkylation sites (N-methyl/N-ethyl adjacent to an activating group) is 10. The molecule has 9 amide bonds. The molecular weight excluding hydrogens is 724 g/mol. The van der Waals surface area contributed by atoms with Crippen molar-refractivity contribution in [3.63, 3.8) is 0 Å². The summed E-state index contributed by atoms with van der Waals surface area (Å²) >= 11 is 0. The van der Waals surface area contributed by atoms with Gasteiger partial charge in [0.2, 0.25) is 53.7 Å². The molecule has 0 fully saturated rings. The maximum Gasteiger partial charge on any atom is 0.323 e. The van der Waals surface area contributed by atoms with E-state index < -0.39 is 48.0 Å². The molecule has 55 heavy (non-hydrogen) atoms. The third kappa shape index (κ3) is 21.2. The van der Waals surface area contributed by atoms with E-state index in [9.17, 15) is 47.9 Å². The molecule has 0 aromatic rings. The summed E-state index contributed by atoms with van der Waals surface area (Å²) in [5.41, 5.74) is 0. The molecule has 0 atom stereocenters. The van der Waals surface area contributed by atoms with Gasteiger partial charge in [-0.15, -0.1) is 0 Å². The van der Waals surface area contributed by atoms with Crippen LogP contribution in [0.3, 0.4) is 0 Å². The van der Waals surface area contributed by atoms with Crippen molar-refractivity contribution < 1.29 is 53.1 Å². The molecule has 0 aliphatic heterocycles. The van der Waals surface area contributed by atoms with Crippen molar-refractivity contribution in [3.8, 4) is 0 Å². The molecule has 0 rings (SSSR count). The lowest BCUT2D eigenvalue weighted by Crippen LogP contribution is -2.48. The second-order valence-corrected chi connectivity index (χ2v) is 13.6. The minimum absolute atomic E-state index is 0.0980. The van der Waals surface area contributed by atoms with E-state index in [1.54, 1.807) is 7.05 Å². The van der Waals surface area contributed by atoms with Gasteiger partial charge >= 0.3 is 5.97 Å². The SMILES string of the molecule is CCN(C)C(=O)CN(C)C(=O)CN(C)C(=O)CN(C)C(=O)CN(C)C(=O)CN(C)C(=O)CN(C)C(C)C.CN(C=O)CC(=O)N(C)CC(=O)N(C)CC(=O)O. The van der Waals surface area contributed by atoms with Gasteiger partial charge in [-0.1, -0.05) is 0 Å². The van der Waals surface area contributed by atoms with Gasteiger partial charge in [-0.2, -0.15) is 0 Å². The minimum atomic E-state index is -1.12. The lowest BCUT2D eigenvalue weighted by Gasteiger charge is -2.27. The Morgan fingerprint density at radius 1 is 0.418 bits per heavy atom. The molecule has 0 aliphatic carbocycles. The first-order chi connectivity index (χ1) is 25.3. The summed E-state index contributed by atoms with van der Waals surface area (Å²) in [4.78, 5) is 131. The number of carboxylic acids is 1. The molecule has 0 aromatic heterocycles. The Hall–Kier alpha value is -5.34. The highest BCUT2D eigenvalue weighted by Crippen LogP contribution is 2.00. The van der Waals surface area contributed by atoms with E-state index in [4.69, 9.17) is 5.11 Å². The van der Waals surface area contributed by atoms with Crippen molar-refractivity contribution in [2.45, 2.75) is 26.8 Å². The summed E-state index contributed by atoms with van der Waals surface area (Å²) in [5.74, 6) is -4.20. The molecule has 21 nitrogen and oxygen atoms in total. The lowest BCUT2D eigenvalue weighted by molar-refractivity contribution is -0.145. The Morgan fingerprint density at radius 2 is 0.655 bits per heavy atom. The predicted molar refractivity (Wildman–Crippen MR) is 201 cm³/mol. The highest BCUT2D eigenvalue weighted by Gasteiger charge is 2.24. The van der Waals surface area contributed by atoms with E-state index in [2.05, 4.69) is 0 Å². The summed E-state index contributed by atoms with van der Waals surface area (Å²) in [6.07, 6.45) is 0.504. The Labute approximate surface area is 324 Å². The van der Waals surface area contributed by atoms with Crippen LogP contribution in [0.2, 0.25) is 0 Å². The van der Waals surface area contributed by atoms with E-state index in [0.717, 1.165) is 14.7 Å². The third-order valence-electron chi connectivity index (χ3n) is 8.32. The molecule has 1 N–H and O–H groups in total. The smallest absolute Gasteiger partial charge is 0.323 e. The fourth-order valence-electron chi connectivity index (χ4n) is 3.83. The fraction of sp³-hybridized carbons (Fsp3) is 0.706. The number of hydrogen-bond acceptors (Lipinski definition) is 11. The Balaban J connectivity index is 0. The number of carbonyl (C=O) groups is 10. The van der Waals surface area contributed by atoms with Gasteiger partial charge in [0.1, 0.15) is 6.54 Å². The number of nitrogens with zero attached hydrogens (tertiary/aromatic N) is 10. The van der Waals surface area contributed by atoms with E-state index in [1.807, 2.05) is 32.7 Å². The van der Waals surface area contributed by atoms with E-state index >= 15 is 0 Å². The first-order valence-electron chi connectivity index (χ1n) is 17.3. The average molecular weight is 787 g/mol. The van der Waals surface area contributed by atoms with E-state index in [0.29, 0.717) is 13.0 Å². The number of rotatable bonds is 21. The predicted octanol–water partition coefficient (Wildman–Crippen LogP) is -3.83. The van der Waals surface area contributed by atoms with Crippen molar-refractivity contribution in [3.05, 3.63) is 0 Å². The topological polar surface area (TPSA) is 223 Å². The zero-order chi connectivity index (χ0) is 43.3. The Bertz CT molecular complexity index is 1360. The molecule has 0 radical (unpaired) electrons. The Morgan fingerprint density at radius 3 is 0.891 bits per heavy atom. The van der Waals surface area contributed by atoms with Crippen LogP contribution < -0.4 is 0 Å². The zero-order valence-corrected chi connectivity index (χ0v) is 34.7. The maximum atomic E-state index is 12.6. The second kappa shape index (κ2) is 25.6. The second-order valence-electron chi connectivity index (χ2n) is 13.6. The van der Waals surface area contributed by atoms with Gasteiger partial charge in [0.25, 0.3) is 0 Å². The number of carboxylic acid groups (broad SMARTS) is 1. The largest absolute Gasteiger partial charge is 0.480 e. The van der Waals surface area contributed by atoms with E-state index in [1.165, 1.54) is 85.8 Å². The van der Waals surface area contributed by atoms with Gasteiger partial charge in [0, 0.05) is 76.0 Å². The van der Waals surface area contributed by atoms with Crippen LogP contribution in [-0.4, -0.2) is 256 Å². The summed E-state index contributed by atoms with van der Waals surface area (Å²) in [5, 5.41) is 8.51. The van der Waals surface area contributed by atoms with Crippen LogP contribution >= 0.6 is 0 Å². The highest BCUT2D eigenvalue weighted by molar-refractivity contribution is 5.92. The van der Waals surface area contributed by atoms with Gasteiger partial charge in [-0.25, -0.2) is 0 Å². The molecule has 0 bridgehead atoms. The van der Waals surface area contributed by atoms with Crippen molar-refractivity contribution in [1.82, 2.24) is 49.0 Å². The van der Waals surface area contributed by atoms with E-state index in [-0.39, 0.29) is 70.2 Å². The van der Waals surface area contributed by atoms with Gasteiger partial charge in [0.15, 0.2) is 0 Å². The molecule has 0 saturated heterocycles. The summed E-state index contributed by atoms with van der Waals surface area (Å²) < 4.78 is 0. The zero-order valence-electron chi connectivity index (χ0n) is 34.7. The molecule has 0 saturated carbocycles. The molecule has 0 heterocycles. The molecular formula is C34H62N10O11. The van der Waals surface area contributed by atoms with Crippen LogP contribution in [-0.2, 0) is 47.9 Å². The first-order valence-corrected chi connectivity index (χ1v) is 17.3. The quantitative estimate of drug-likeness (QED) is 0.111. The van der Waals surface area contributed by atoms with Gasteiger partial charge in [-0.3, -0.25) is 52.8 Å². The van der Waals surface area contributed by atoms with Crippen molar-refractivity contribution in [1.29, 1.82) is 0 Å². The average Bonchev–Trinajstić information content (AvgIpc) is 3.10. The number of carbonyl (C=O) groups excluding carboxylic acids is 9. The third-order valence-corrected chi connectivity index (χ3v) is 8.32. The van der Waals surface area contributed by atoms with Crippen molar-refractivity contribution >= 4 is 59.6 Å². The lowest BCUT2D eigenvalue weighted by atomic mass is 10.3. The molecule has 314 valence electrons. The monoisotopic (exact) mass is 786 g/mol. The molecule has 0 spiro atoms. The van der Waals surface area contributed by atoms with Crippen LogP contribution in [0.25, 0.3) is 0 Å². The van der Waals surface area contributed by atoms with Crippen LogP contribution in [0.1, 0.15) is 20.8 Å². The normalized spacial score (nSPS) is 10.3.